The number of nitrogens with zero attached hydrogens (tertiary/aromatic N) is 1. The summed E-state index contributed by atoms with van der Waals surface area (Å²) in [6, 6.07) is 22.5. The second-order valence-corrected chi connectivity index (χ2v) is 5.42. The van der Waals surface area contributed by atoms with Gasteiger partial charge in [-0.25, -0.2) is 0 Å². The Morgan fingerprint density at radius 1 is 1.00 bits per heavy atom. The summed E-state index contributed by atoms with van der Waals surface area (Å²) < 4.78 is 0. The van der Waals surface area contributed by atoms with Crippen molar-refractivity contribution in [1.82, 2.24) is 5.32 Å². The van der Waals surface area contributed by atoms with Gasteiger partial charge in [0.1, 0.15) is 0 Å². The Balaban J connectivity index is 1.83. The molecule has 1 aliphatic heterocycles. The zero-order chi connectivity index (χ0) is 13.8. The molecule has 2 aromatic carbocycles. The molecule has 0 aromatic heterocycles. The largest absolute Gasteiger partial charge is 0.365 e. The smallest absolute Gasteiger partial charge is 0.0499 e. The molecule has 104 valence electrons. The summed E-state index contributed by atoms with van der Waals surface area (Å²) in [6.45, 7) is 4.35. The van der Waals surface area contributed by atoms with Crippen molar-refractivity contribution in [3.8, 4) is 0 Å². The highest BCUT2D eigenvalue weighted by molar-refractivity contribution is 5.48. The van der Waals surface area contributed by atoms with Gasteiger partial charge in [0.05, 0.1) is 0 Å². The second kappa shape index (κ2) is 6.10. The average Bonchev–Trinajstić information content (AvgIpc) is 2.56. The molecule has 1 heterocycles. The predicted molar refractivity (Wildman–Crippen MR) is 85.1 cm³/mol. The van der Waals surface area contributed by atoms with Crippen LogP contribution in [0.4, 0.5) is 5.69 Å². The third-order valence-electron chi connectivity index (χ3n) is 4.18. The van der Waals surface area contributed by atoms with Crippen LogP contribution in [0, 0.1) is 0 Å². The standard InChI is InChI=1S/C18H22N2/c1-2-16-13-19-18(15-9-5-3-6-10-15)14-20(16)17-11-7-4-8-12-17/h3-12,16,18-19H,2,13-14H2,1H3. The van der Waals surface area contributed by atoms with E-state index in [1.807, 2.05) is 0 Å². The van der Waals surface area contributed by atoms with E-state index in [4.69, 9.17) is 0 Å². The van der Waals surface area contributed by atoms with E-state index in [2.05, 4.69) is 77.8 Å². The molecule has 0 bridgehead atoms. The van der Waals surface area contributed by atoms with Gasteiger partial charge < -0.3 is 10.2 Å². The second-order valence-electron chi connectivity index (χ2n) is 5.42. The van der Waals surface area contributed by atoms with Gasteiger partial charge in [0.15, 0.2) is 0 Å². The van der Waals surface area contributed by atoms with E-state index in [9.17, 15) is 0 Å². The maximum Gasteiger partial charge on any atom is 0.0499 e. The van der Waals surface area contributed by atoms with Gasteiger partial charge in [0.25, 0.3) is 0 Å². The lowest BCUT2D eigenvalue weighted by molar-refractivity contribution is 0.393. The van der Waals surface area contributed by atoms with Crippen molar-refractivity contribution < 1.29 is 0 Å². The maximum absolute atomic E-state index is 3.69. The molecule has 2 heteroatoms. The lowest BCUT2D eigenvalue weighted by Crippen LogP contribution is -2.52. The third kappa shape index (κ3) is 2.70. The monoisotopic (exact) mass is 266 g/mol. The minimum Gasteiger partial charge on any atom is -0.365 e. The molecular formula is C18H22N2. The maximum atomic E-state index is 3.69. The molecule has 2 aromatic rings. The fourth-order valence-corrected chi connectivity index (χ4v) is 3.01. The van der Waals surface area contributed by atoms with Gasteiger partial charge in [-0.15, -0.1) is 0 Å². The first-order valence-corrected chi connectivity index (χ1v) is 7.48. The zero-order valence-corrected chi connectivity index (χ0v) is 12.0. The number of hydrogen-bond donors (Lipinski definition) is 1. The summed E-state index contributed by atoms with van der Waals surface area (Å²) in [7, 11) is 0. The van der Waals surface area contributed by atoms with E-state index in [1.165, 1.54) is 17.7 Å². The van der Waals surface area contributed by atoms with Crippen LogP contribution in [0.15, 0.2) is 60.7 Å². The van der Waals surface area contributed by atoms with Crippen LogP contribution in [0.1, 0.15) is 24.9 Å². The summed E-state index contributed by atoms with van der Waals surface area (Å²) in [5, 5.41) is 3.69. The SMILES string of the molecule is CCC1CNC(c2ccccc2)CN1c1ccccc1. The fourth-order valence-electron chi connectivity index (χ4n) is 3.01. The Bertz CT molecular complexity index is 524. The topological polar surface area (TPSA) is 15.3 Å². The van der Waals surface area contributed by atoms with Gasteiger partial charge in [-0.1, -0.05) is 55.5 Å². The Labute approximate surface area is 121 Å². The molecule has 2 nitrogen and oxygen atoms in total. The summed E-state index contributed by atoms with van der Waals surface area (Å²) in [5.74, 6) is 0. The van der Waals surface area contributed by atoms with Crippen molar-refractivity contribution in [2.45, 2.75) is 25.4 Å². The summed E-state index contributed by atoms with van der Waals surface area (Å²) in [4.78, 5) is 2.55. The normalized spacial score (nSPS) is 22.8. The predicted octanol–water partition coefficient (Wildman–Crippen LogP) is 3.62. The molecule has 0 saturated carbocycles. The van der Waals surface area contributed by atoms with Crippen molar-refractivity contribution in [2.75, 3.05) is 18.0 Å². The van der Waals surface area contributed by atoms with Gasteiger partial charge in [0, 0.05) is 30.9 Å². The van der Waals surface area contributed by atoms with E-state index in [1.54, 1.807) is 0 Å². The van der Waals surface area contributed by atoms with E-state index in [0.29, 0.717) is 12.1 Å². The van der Waals surface area contributed by atoms with Crippen LogP contribution in [-0.2, 0) is 0 Å². The number of hydrogen-bond acceptors (Lipinski definition) is 2. The molecule has 0 aliphatic carbocycles. The Morgan fingerprint density at radius 2 is 1.65 bits per heavy atom. The van der Waals surface area contributed by atoms with Crippen molar-refractivity contribution in [3.05, 3.63) is 66.2 Å². The Kier molecular flexibility index (Phi) is 4.03. The quantitative estimate of drug-likeness (QED) is 0.913. The summed E-state index contributed by atoms with van der Waals surface area (Å²) in [5.41, 5.74) is 2.71. The summed E-state index contributed by atoms with van der Waals surface area (Å²) in [6.07, 6.45) is 1.17. The molecule has 0 amide bonds. The van der Waals surface area contributed by atoms with E-state index in [0.717, 1.165) is 13.1 Å². The van der Waals surface area contributed by atoms with Crippen molar-refractivity contribution in [3.63, 3.8) is 0 Å². The lowest BCUT2D eigenvalue weighted by Gasteiger charge is -2.42. The van der Waals surface area contributed by atoms with Gasteiger partial charge in [-0.3, -0.25) is 0 Å². The lowest BCUT2D eigenvalue weighted by atomic mass is 10.00. The van der Waals surface area contributed by atoms with Gasteiger partial charge in [0.2, 0.25) is 0 Å². The van der Waals surface area contributed by atoms with Crippen LogP contribution in [0.5, 0.6) is 0 Å². The average molecular weight is 266 g/mol. The van der Waals surface area contributed by atoms with Crippen LogP contribution in [0.25, 0.3) is 0 Å². The summed E-state index contributed by atoms with van der Waals surface area (Å²) >= 11 is 0. The highest BCUT2D eigenvalue weighted by Gasteiger charge is 2.27. The first-order chi connectivity index (χ1) is 9.88. The zero-order valence-electron chi connectivity index (χ0n) is 12.0. The van der Waals surface area contributed by atoms with Gasteiger partial charge in [-0.2, -0.15) is 0 Å². The molecule has 20 heavy (non-hydrogen) atoms. The molecule has 1 aliphatic rings. The number of anilines is 1. The van der Waals surface area contributed by atoms with E-state index >= 15 is 0 Å². The number of benzene rings is 2. The molecule has 3 rings (SSSR count). The molecule has 0 radical (unpaired) electrons. The fraction of sp³-hybridized carbons (Fsp3) is 0.333. The first-order valence-electron chi connectivity index (χ1n) is 7.48. The van der Waals surface area contributed by atoms with Crippen LogP contribution in [0.3, 0.4) is 0 Å². The minimum atomic E-state index is 0.416. The van der Waals surface area contributed by atoms with Crippen molar-refractivity contribution in [1.29, 1.82) is 0 Å². The molecular weight excluding hydrogens is 244 g/mol. The molecule has 1 fully saturated rings. The Morgan fingerprint density at radius 3 is 2.30 bits per heavy atom. The Hall–Kier alpha value is -1.80. The number of rotatable bonds is 3. The van der Waals surface area contributed by atoms with Gasteiger partial charge in [-0.05, 0) is 24.1 Å². The van der Waals surface area contributed by atoms with Gasteiger partial charge >= 0.3 is 0 Å². The molecule has 2 unspecified atom stereocenters. The number of piperazine rings is 1. The highest BCUT2D eigenvalue weighted by Crippen LogP contribution is 2.26. The minimum absolute atomic E-state index is 0.416. The number of para-hydroxylation sites is 1. The van der Waals surface area contributed by atoms with Crippen molar-refractivity contribution in [2.24, 2.45) is 0 Å². The third-order valence-corrected chi connectivity index (χ3v) is 4.18. The van der Waals surface area contributed by atoms with Crippen LogP contribution in [0.2, 0.25) is 0 Å². The van der Waals surface area contributed by atoms with Crippen molar-refractivity contribution >= 4 is 5.69 Å². The molecule has 2 atom stereocenters. The van der Waals surface area contributed by atoms with Crippen LogP contribution < -0.4 is 10.2 Å². The highest BCUT2D eigenvalue weighted by atomic mass is 15.2. The molecule has 1 saturated heterocycles. The number of nitrogens with one attached hydrogen (secondary N) is 1. The molecule has 1 N–H and O–H groups in total. The molecule has 0 spiro atoms. The van der Waals surface area contributed by atoms with E-state index < -0.39 is 0 Å². The van der Waals surface area contributed by atoms with Crippen LogP contribution in [-0.4, -0.2) is 19.1 Å². The van der Waals surface area contributed by atoms with E-state index in [-0.39, 0.29) is 0 Å². The van der Waals surface area contributed by atoms with Crippen LogP contribution >= 0.6 is 0 Å². The first kappa shape index (κ1) is 13.2.